The topological polar surface area (TPSA) is 46.3 Å². The Morgan fingerprint density at radius 3 is 2.34 bits per heavy atom. The van der Waals surface area contributed by atoms with Gasteiger partial charge in [-0.3, -0.25) is 4.79 Å². The van der Waals surface area contributed by atoms with Crippen molar-refractivity contribution in [1.82, 2.24) is 0 Å². The fourth-order valence-electron chi connectivity index (χ4n) is 3.16. The number of anilines is 1. The highest BCUT2D eigenvalue weighted by Crippen LogP contribution is 2.23. The van der Waals surface area contributed by atoms with E-state index in [1.165, 1.54) is 5.56 Å². The number of rotatable bonds is 6. The molecule has 2 N–H and O–H groups in total. The summed E-state index contributed by atoms with van der Waals surface area (Å²) in [5.74, 6) is -0.114. The fourth-order valence-corrected chi connectivity index (χ4v) is 3.38. The average molecular weight is 429 g/mol. The first-order chi connectivity index (χ1) is 13.5. The van der Waals surface area contributed by atoms with Crippen molar-refractivity contribution < 1.29 is 4.79 Å². The van der Waals surface area contributed by atoms with E-state index in [2.05, 4.69) is 13.8 Å². The van der Waals surface area contributed by atoms with Crippen molar-refractivity contribution in [2.45, 2.75) is 26.3 Å². The molecule has 0 aliphatic rings. The molecule has 0 fully saturated rings. The summed E-state index contributed by atoms with van der Waals surface area (Å²) < 4.78 is 0. The molecule has 0 saturated carbocycles. The molecule has 5 heteroatoms. The van der Waals surface area contributed by atoms with Crippen LogP contribution in [-0.2, 0) is 11.2 Å². The minimum atomic E-state index is -0.706. The smallest absolute Gasteiger partial charge is 0.248 e. The lowest BCUT2D eigenvalue weighted by atomic mass is 10.0. The van der Waals surface area contributed by atoms with Crippen molar-refractivity contribution in [2.24, 2.45) is 5.73 Å². The second kappa shape index (κ2) is 10.4. The van der Waals surface area contributed by atoms with Crippen molar-refractivity contribution in [2.75, 3.05) is 11.4 Å². The molecule has 3 nitrogen and oxygen atoms in total. The number of hydrogen-bond acceptors (Lipinski definition) is 2. The molecular weight excluding hydrogens is 403 g/mol. The van der Waals surface area contributed by atoms with Crippen LogP contribution in [0.5, 0.6) is 0 Å². The maximum absolute atomic E-state index is 13.3. The van der Waals surface area contributed by atoms with Crippen LogP contribution in [0.25, 0.3) is 0 Å². The van der Waals surface area contributed by atoms with Crippen LogP contribution in [0.15, 0.2) is 72.8 Å². The maximum Gasteiger partial charge on any atom is 0.248 e. The molecule has 0 heterocycles. The van der Waals surface area contributed by atoms with E-state index in [-0.39, 0.29) is 18.3 Å². The highest BCUT2D eigenvalue weighted by atomic mass is 35.5. The highest BCUT2D eigenvalue weighted by Gasteiger charge is 2.24. The van der Waals surface area contributed by atoms with Gasteiger partial charge in [0.25, 0.3) is 0 Å². The third kappa shape index (κ3) is 5.83. The van der Waals surface area contributed by atoms with Gasteiger partial charge in [0, 0.05) is 17.3 Å². The number of benzene rings is 3. The molecule has 1 amide bonds. The Labute approximate surface area is 183 Å². The summed E-state index contributed by atoms with van der Waals surface area (Å²) in [6.07, 6.45) is 0.695. The number of carbonyl (C=O) groups is 1. The lowest BCUT2D eigenvalue weighted by Gasteiger charge is -2.27. The standard InChI is InChI=1S/C24H25ClN2O.ClH/c1-17-11-12-22(15-18(17)2)27(14-13-19-7-6-10-21(25)16-19)24(28)23(26)20-8-4-3-5-9-20;/h3-12,15-16,23H,13-14,26H2,1-2H3;1H/t23-;/m0./s1. The molecule has 1 atom stereocenters. The average Bonchev–Trinajstić information content (AvgIpc) is 2.70. The van der Waals surface area contributed by atoms with Gasteiger partial charge in [-0.2, -0.15) is 0 Å². The van der Waals surface area contributed by atoms with E-state index in [1.807, 2.05) is 72.8 Å². The number of halogens is 2. The molecule has 3 aromatic carbocycles. The van der Waals surface area contributed by atoms with Crippen molar-refractivity contribution in [3.05, 3.63) is 100 Å². The van der Waals surface area contributed by atoms with Crippen LogP contribution in [-0.4, -0.2) is 12.5 Å². The van der Waals surface area contributed by atoms with Crippen LogP contribution in [0.3, 0.4) is 0 Å². The van der Waals surface area contributed by atoms with Crippen molar-refractivity contribution in [3.63, 3.8) is 0 Å². The number of nitrogens with two attached hydrogens (primary N) is 1. The first-order valence-corrected chi connectivity index (χ1v) is 9.77. The molecule has 3 aromatic rings. The Balaban J connectivity index is 0.00000300. The molecule has 152 valence electrons. The molecule has 0 saturated heterocycles. The summed E-state index contributed by atoms with van der Waals surface area (Å²) >= 11 is 6.11. The summed E-state index contributed by atoms with van der Waals surface area (Å²) in [5.41, 5.74) is 11.4. The van der Waals surface area contributed by atoms with Gasteiger partial charge in [-0.1, -0.05) is 60.1 Å². The summed E-state index contributed by atoms with van der Waals surface area (Å²) in [6.45, 7) is 4.64. The van der Waals surface area contributed by atoms with Gasteiger partial charge in [-0.15, -0.1) is 12.4 Å². The van der Waals surface area contributed by atoms with Crippen molar-refractivity contribution in [3.8, 4) is 0 Å². The second-order valence-electron chi connectivity index (χ2n) is 7.03. The van der Waals surface area contributed by atoms with Crippen molar-refractivity contribution in [1.29, 1.82) is 0 Å². The third-order valence-corrected chi connectivity index (χ3v) is 5.24. The lowest BCUT2D eigenvalue weighted by molar-refractivity contribution is -0.120. The van der Waals surface area contributed by atoms with Crippen molar-refractivity contribution >= 4 is 35.6 Å². The summed E-state index contributed by atoms with van der Waals surface area (Å²) in [5, 5.41) is 0.697. The van der Waals surface area contributed by atoms with Crippen LogP contribution < -0.4 is 10.6 Å². The zero-order valence-electron chi connectivity index (χ0n) is 16.6. The number of amides is 1. The first-order valence-electron chi connectivity index (χ1n) is 9.39. The second-order valence-corrected chi connectivity index (χ2v) is 7.46. The molecule has 0 bridgehead atoms. The molecule has 0 aliphatic heterocycles. The highest BCUT2D eigenvalue weighted by molar-refractivity contribution is 6.30. The van der Waals surface area contributed by atoms with Gasteiger partial charge < -0.3 is 10.6 Å². The Hall–Kier alpha value is -2.33. The van der Waals surface area contributed by atoms with E-state index in [1.54, 1.807) is 4.90 Å². The zero-order valence-corrected chi connectivity index (χ0v) is 18.2. The molecular formula is C24H26Cl2N2O. The van der Waals surface area contributed by atoms with Crippen LogP contribution in [0.1, 0.15) is 28.3 Å². The predicted molar refractivity (Wildman–Crippen MR) is 124 cm³/mol. The largest absolute Gasteiger partial charge is 0.316 e. The first kappa shape index (κ1) is 23.0. The number of carbonyl (C=O) groups excluding carboxylic acids is 1. The SMILES string of the molecule is Cc1ccc(N(CCc2cccc(Cl)c2)C(=O)[C@@H](N)c2ccccc2)cc1C.Cl. The molecule has 0 unspecified atom stereocenters. The zero-order chi connectivity index (χ0) is 20.1. The maximum atomic E-state index is 13.3. The number of aryl methyl sites for hydroxylation is 2. The summed E-state index contributed by atoms with van der Waals surface area (Å²) in [6, 6.07) is 22.6. The van der Waals surface area contributed by atoms with Gasteiger partial charge in [-0.25, -0.2) is 0 Å². The Bertz CT molecular complexity index is 960. The molecule has 0 aliphatic carbocycles. The minimum Gasteiger partial charge on any atom is -0.316 e. The van der Waals surface area contributed by atoms with E-state index in [4.69, 9.17) is 17.3 Å². The Morgan fingerprint density at radius 1 is 0.966 bits per heavy atom. The van der Waals surface area contributed by atoms with Gasteiger partial charge in [0.15, 0.2) is 0 Å². The number of nitrogens with zero attached hydrogens (tertiary/aromatic N) is 1. The molecule has 29 heavy (non-hydrogen) atoms. The van der Waals surface area contributed by atoms with Crippen LogP contribution in [0, 0.1) is 13.8 Å². The van der Waals surface area contributed by atoms with E-state index < -0.39 is 6.04 Å². The molecule has 0 aromatic heterocycles. The Morgan fingerprint density at radius 2 is 1.69 bits per heavy atom. The molecule has 0 radical (unpaired) electrons. The number of hydrogen-bond donors (Lipinski definition) is 1. The van der Waals surface area contributed by atoms with Gasteiger partial charge in [0.1, 0.15) is 6.04 Å². The quantitative estimate of drug-likeness (QED) is 0.550. The molecule has 0 spiro atoms. The third-order valence-electron chi connectivity index (χ3n) is 5.01. The van der Waals surface area contributed by atoms with E-state index in [0.717, 1.165) is 22.4 Å². The van der Waals surface area contributed by atoms with Crippen LogP contribution in [0.2, 0.25) is 5.02 Å². The van der Waals surface area contributed by atoms with Gasteiger partial charge in [0.05, 0.1) is 0 Å². The van der Waals surface area contributed by atoms with Crippen LogP contribution >= 0.6 is 24.0 Å². The van der Waals surface area contributed by atoms with E-state index in [9.17, 15) is 4.79 Å². The summed E-state index contributed by atoms with van der Waals surface area (Å²) in [7, 11) is 0. The van der Waals surface area contributed by atoms with Gasteiger partial charge >= 0.3 is 0 Å². The van der Waals surface area contributed by atoms with E-state index >= 15 is 0 Å². The minimum absolute atomic E-state index is 0. The lowest BCUT2D eigenvalue weighted by Crippen LogP contribution is -2.40. The Kier molecular flexibility index (Phi) is 8.27. The van der Waals surface area contributed by atoms with Gasteiger partial charge in [-0.05, 0) is 66.8 Å². The normalized spacial score (nSPS) is 11.4. The molecule has 3 rings (SSSR count). The van der Waals surface area contributed by atoms with E-state index in [0.29, 0.717) is 18.0 Å². The fraction of sp³-hybridized carbons (Fsp3) is 0.208. The predicted octanol–water partition coefficient (Wildman–Crippen LogP) is 5.65. The van der Waals surface area contributed by atoms with Crippen LogP contribution in [0.4, 0.5) is 5.69 Å². The monoisotopic (exact) mass is 428 g/mol. The summed E-state index contributed by atoms with van der Waals surface area (Å²) in [4.78, 5) is 15.1. The van der Waals surface area contributed by atoms with Gasteiger partial charge in [0.2, 0.25) is 5.91 Å².